The van der Waals surface area contributed by atoms with E-state index in [1.807, 2.05) is 31.2 Å². The topological polar surface area (TPSA) is 38.3 Å². The Balaban J connectivity index is 1.80. The van der Waals surface area contributed by atoms with Crippen LogP contribution in [0, 0.1) is 12.7 Å². The third-order valence-corrected chi connectivity index (χ3v) is 3.20. The zero-order valence-corrected chi connectivity index (χ0v) is 12.5. The van der Waals surface area contributed by atoms with Gasteiger partial charge in [-0.1, -0.05) is 12.1 Å². The molecule has 0 atom stereocenters. The Bertz CT molecular complexity index is 646. The minimum absolute atomic E-state index is 0.152. The molecule has 0 heterocycles. The molecule has 0 saturated heterocycles. The first-order valence-electron chi connectivity index (χ1n) is 6.52. The summed E-state index contributed by atoms with van der Waals surface area (Å²) in [4.78, 5) is 12.0. The second kappa shape index (κ2) is 7.13. The van der Waals surface area contributed by atoms with E-state index < -0.39 is 5.82 Å². The zero-order valence-electron chi connectivity index (χ0n) is 11.6. The predicted octanol–water partition coefficient (Wildman–Crippen LogP) is 3.23. The second-order valence-electron chi connectivity index (χ2n) is 4.59. The van der Waals surface area contributed by atoms with Gasteiger partial charge in [0.25, 0.3) is 5.91 Å². The Morgan fingerprint density at radius 2 is 2.10 bits per heavy atom. The van der Waals surface area contributed by atoms with E-state index in [9.17, 15) is 9.18 Å². The molecule has 21 heavy (non-hydrogen) atoms. The molecule has 5 heteroatoms. The largest absolute Gasteiger partial charge is 0.492 e. The maximum absolute atomic E-state index is 13.1. The van der Waals surface area contributed by atoms with E-state index in [-0.39, 0.29) is 10.8 Å². The molecule has 0 radical (unpaired) electrons. The van der Waals surface area contributed by atoms with Gasteiger partial charge in [0.1, 0.15) is 18.2 Å². The van der Waals surface area contributed by atoms with Gasteiger partial charge in [-0.05, 0) is 42.8 Å². The molecule has 0 aliphatic rings. The highest BCUT2D eigenvalue weighted by molar-refractivity contribution is 7.80. The number of carbonyl (C=O) groups is 1. The van der Waals surface area contributed by atoms with Crippen molar-refractivity contribution in [1.29, 1.82) is 0 Å². The van der Waals surface area contributed by atoms with Crippen molar-refractivity contribution in [2.24, 2.45) is 0 Å². The lowest BCUT2D eigenvalue weighted by atomic mass is 10.2. The van der Waals surface area contributed by atoms with Crippen LogP contribution in [0.3, 0.4) is 0 Å². The number of hydrogen-bond acceptors (Lipinski definition) is 3. The Morgan fingerprint density at radius 3 is 2.81 bits per heavy atom. The maximum Gasteiger partial charge on any atom is 0.251 e. The van der Waals surface area contributed by atoms with Gasteiger partial charge >= 0.3 is 0 Å². The van der Waals surface area contributed by atoms with Crippen LogP contribution in [0.2, 0.25) is 0 Å². The molecule has 1 amide bonds. The van der Waals surface area contributed by atoms with E-state index in [0.29, 0.717) is 18.7 Å². The van der Waals surface area contributed by atoms with Crippen molar-refractivity contribution < 1.29 is 13.9 Å². The molecule has 0 aliphatic carbocycles. The summed E-state index contributed by atoms with van der Waals surface area (Å²) in [6.07, 6.45) is 0. The number of carbonyl (C=O) groups excluding carboxylic acids is 1. The summed E-state index contributed by atoms with van der Waals surface area (Å²) in [5.41, 5.74) is 1.49. The van der Waals surface area contributed by atoms with Crippen molar-refractivity contribution in [3.05, 3.63) is 59.4 Å². The molecule has 110 valence electrons. The highest BCUT2D eigenvalue weighted by Gasteiger charge is 2.07. The molecular weight excluding hydrogens is 289 g/mol. The van der Waals surface area contributed by atoms with Crippen LogP contribution in [0.4, 0.5) is 4.39 Å². The molecule has 2 rings (SSSR count). The Morgan fingerprint density at radius 1 is 1.29 bits per heavy atom. The zero-order chi connectivity index (χ0) is 15.2. The lowest BCUT2D eigenvalue weighted by Gasteiger charge is -2.08. The van der Waals surface area contributed by atoms with E-state index >= 15 is 0 Å². The van der Waals surface area contributed by atoms with Gasteiger partial charge in [-0.15, -0.1) is 12.6 Å². The number of halogens is 1. The fourth-order valence-electron chi connectivity index (χ4n) is 1.79. The van der Waals surface area contributed by atoms with Gasteiger partial charge in [-0.2, -0.15) is 0 Å². The van der Waals surface area contributed by atoms with E-state index in [1.165, 1.54) is 18.2 Å². The standard InChI is InChI=1S/C16H16FNO2S/c1-11-3-2-4-13(9-11)20-8-7-18-16(19)12-5-6-14(17)15(21)10-12/h2-6,9-10,21H,7-8H2,1H3,(H,18,19). The van der Waals surface area contributed by atoms with Gasteiger partial charge in [-0.25, -0.2) is 4.39 Å². The highest BCUT2D eigenvalue weighted by atomic mass is 32.1. The normalized spacial score (nSPS) is 10.2. The van der Waals surface area contributed by atoms with Gasteiger partial charge in [0.15, 0.2) is 0 Å². The monoisotopic (exact) mass is 305 g/mol. The Labute approximate surface area is 128 Å². The van der Waals surface area contributed by atoms with Crippen LogP contribution in [0.25, 0.3) is 0 Å². The minimum Gasteiger partial charge on any atom is -0.492 e. The first-order valence-corrected chi connectivity index (χ1v) is 6.97. The summed E-state index contributed by atoms with van der Waals surface area (Å²) in [5, 5.41) is 2.71. The van der Waals surface area contributed by atoms with Crippen molar-refractivity contribution in [3.63, 3.8) is 0 Å². The lowest BCUT2D eigenvalue weighted by Crippen LogP contribution is -2.28. The Hall–Kier alpha value is -2.01. The molecule has 2 aromatic rings. The van der Waals surface area contributed by atoms with Gasteiger partial charge in [0.05, 0.1) is 6.54 Å². The molecule has 0 spiro atoms. The molecule has 0 aromatic heterocycles. The average Bonchev–Trinajstić information content (AvgIpc) is 2.46. The molecule has 0 bridgehead atoms. The van der Waals surface area contributed by atoms with Crippen molar-refractivity contribution in [2.75, 3.05) is 13.2 Å². The van der Waals surface area contributed by atoms with Crippen LogP contribution in [0.5, 0.6) is 5.75 Å². The number of ether oxygens (including phenoxy) is 1. The van der Waals surface area contributed by atoms with Gasteiger partial charge in [-0.3, -0.25) is 4.79 Å². The van der Waals surface area contributed by atoms with Crippen molar-refractivity contribution in [2.45, 2.75) is 11.8 Å². The van der Waals surface area contributed by atoms with Gasteiger partial charge < -0.3 is 10.1 Å². The lowest BCUT2D eigenvalue weighted by molar-refractivity contribution is 0.0946. The first-order chi connectivity index (χ1) is 10.1. The van der Waals surface area contributed by atoms with Crippen LogP contribution >= 0.6 is 12.6 Å². The van der Waals surface area contributed by atoms with Crippen molar-refractivity contribution in [1.82, 2.24) is 5.32 Å². The second-order valence-corrected chi connectivity index (χ2v) is 5.07. The van der Waals surface area contributed by atoms with Crippen LogP contribution in [-0.2, 0) is 0 Å². The molecule has 2 aromatic carbocycles. The molecule has 0 saturated carbocycles. The molecular formula is C16H16FNO2S. The number of rotatable bonds is 5. The molecule has 0 aliphatic heterocycles. The summed E-state index contributed by atoms with van der Waals surface area (Å²) in [6.45, 7) is 2.72. The van der Waals surface area contributed by atoms with E-state index in [4.69, 9.17) is 4.74 Å². The van der Waals surface area contributed by atoms with Crippen LogP contribution < -0.4 is 10.1 Å². The van der Waals surface area contributed by atoms with E-state index in [0.717, 1.165) is 11.3 Å². The maximum atomic E-state index is 13.1. The first kappa shape index (κ1) is 15.4. The van der Waals surface area contributed by atoms with Crippen LogP contribution in [-0.4, -0.2) is 19.1 Å². The number of aryl methyl sites for hydroxylation is 1. The van der Waals surface area contributed by atoms with Crippen molar-refractivity contribution in [3.8, 4) is 5.75 Å². The minimum atomic E-state index is -0.447. The average molecular weight is 305 g/mol. The molecule has 3 nitrogen and oxygen atoms in total. The number of amides is 1. The van der Waals surface area contributed by atoms with E-state index in [1.54, 1.807) is 0 Å². The molecule has 1 N–H and O–H groups in total. The highest BCUT2D eigenvalue weighted by Crippen LogP contribution is 2.14. The summed E-state index contributed by atoms with van der Waals surface area (Å²) in [7, 11) is 0. The number of benzene rings is 2. The summed E-state index contributed by atoms with van der Waals surface area (Å²) < 4.78 is 18.6. The predicted molar refractivity (Wildman–Crippen MR) is 82.7 cm³/mol. The van der Waals surface area contributed by atoms with Crippen molar-refractivity contribution >= 4 is 18.5 Å². The van der Waals surface area contributed by atoms with E-state index in [2.05, 4.69) is 17.9 Å². The molecule has 0 unspecified atom stereocenters. The number of thiol groups is 1. The fraction of sp³-hybridized carbons (Fsp3) is 0.188. The summed E-state index contributed by atoms with van der Waals surface area (Å²) >= 11 is 3.95. The molecule has 0 fully saturated rings. The number of hydrogen-bond donors (Lipinski definition) is 2. The van der Waals surface area contributed by atoms with Crippen LogP contribution in [0.15, 0.2) is 47.4 Å². The quantitative estimate of drug-likeness (QED) is 0.657. The third-order valence-electron chi connectivity index (χ3n) is 2.85. The van der Waals surface area contributed by atoms with Gasteiger partial charge in [0.2, 0.25) is 0 Å². The number of nitrogens with one attached hydrogen (secondary N) is 1. The summed E-state index contributed by atoms with van der Waals surface area (Å²) in [6, 6.07) is 11.7. The van der Waals surface area contributed by atoms with Crippen LogP contribution in [0.1, 0.15) is 15.9 Å². The smallest absolute Gasteiger partial charge is 0.251 e. The van der Waals surface area contributed by atoms with Gasteiger partial charge in [0, 0.05) is 10.5 Å². The fourth-order valence-corrected chi connectivity index (χ4v) is 2.01. The Kier molecular flexibility index (Phi) is 5.22. The SMILES string of the molecule is Cc1cccc(OCCNC(=O)c2ccc(F)c(S)c2)c1. The third kappa shape index (κ3) is 4.49. The summed E-state index contributed by atoms with van der Waals surface area (Å²) in [5.74, 6) is 0.0412.